The van der Waals surface area contributed by atoms with Crippen LogP contribution in [0.2, 0.25) is 0 Å². The van der Waals surface area contributed by atoms with Gasteiger partial charge in [-0.3, -0.25) is 0 Å². The van der Waals surface area contributed by atoms with E-state index in [4.69, 9.17) is 14.7 Å². The van der Waals surface area contributed by atoms with E-state index in [0.717, 1.165) is 43.2 Å². The van der Waals surface area contributed by atoms with Crippen LogP contribution < -0.4 is 4.74 Å². The van der Waals surface area contributed by atoms with Crippen LogP contribution in [0.5, 0.6) is 5.75 Å². The van der Waals surface area contributed by atoms with Gasteiger partial charge in [-0.05, 0) is 43.5 Å². The highest BCUT2D eigenvalue weighted by molar-refractivity contribution is 7.28. The summed E-state index contributed by atoms with van der Waals surface area (Å²) in [5.74, 6) is 1.57. The minimum atomic E-state index is 0.637. The van der Waals surface area contributed by atoms with Gasteiger partial charge in [0.2, 0.25) is 0 Å². The number of aromatic nitrogens is 2. The van der Waals surface area contributed by atoms with Gasteiger partial charge in [-0.15, -0.1) is 0 Å². The van der Waals surface area contributed by atoms with Crippen molar-refractivity contribution < 1.29 is 4.74 Å². The van der Waals surface area contributed by atoms with E-state index >= 15 is 0 Å². The molecule has 0 aliphatic rings. The number of allylic oxidation sites excluding steroid dienone is 5. The van der Waals surface area contributed by atoms with E-state index in [9.17, 15) is 0 Å². The van der Waals surface area contributed by atoms with Gasteiger partial charge in [0.1, 0.15) is 15.8 Å². The second-order valence-electron chi connectivity index (χ2n) is 7.26. The van der Waals surface area contributed by atoms with Gasteiger partial charge in [0.05, 0.1) is 6.61 Å². The molecule has 5 heteroatoms. The summed E-state index contributed by atoms with van der Waals surface area (Å²) < 4.78 is 6.03. The fraction of sp³-hybridized carbons (Fsp3) is 0.360. The van der Waals surface area contributed by atoms with Gasteiger partial charge < -0.3 is 4.74 Å². The van der Waals surface area contributed by atoms with E-state index in [1.54, 1.807) is 28.7 Å². The van der Waals surface area contributed by atoms with Crippen LogP contribution in [0.15, 0.2) is 55.1 Å². The van der Waals surface area contributed by atoms with Crippen molar-refractivity contribution in [2.75, 3.05) is 6.61 Å². The fourth-order valence-electron chi connectivity index (χ4n) is 3.20. The van der Waals surface area contributed by atoms with E-state index in [1.807, 2.05) is 31.2 Å². The molecule has 2 aromatic heterocycles. The predicted molar refractivity (Wildman–Crippen MR) is 133 cm³/mol. The summed E-state index contributed by atoms with van der Waals surface area (Å²) >= 11 is 3.25. The van der Waals surface area contributed by atoms with E-state index in [0.29, 0.717) is 5.92 Å². The average Bonchev–Trinajstić information content (AvgIpc) is 3.33. The Bertz CT molecular complexity index is 980. The zero-order valence-corrected chi connectivity index (χ0v) is 19.7. The van der Waals surface area contributed by atoms with Gasteiger partial charge in [-0.1, -0.05) is 86.7 Å². The number of fused-ring (bicyclic) bond motifs is 1. The van der Waals surface area contributed by atoms with Crippen LogP contribution >= 0.6 is 22.7 Å². The largest absolute Gasteiger partial charge is 0.493 e. The first-order chi connectivity index (χ1) is 14.7. The Hall–Kier alpha value is -2.24. The maximum Gasteiger partial charge on any atom is 0.155 e. The predicted octanol–water partition coefficient (Wildman–Crippen LogP) is 8.16. The van der Waals surface area contributed by atoms with E-state index in [2.05, 4.69) is 38.6 Å². The van der Waals surface area contributed by atoms with Gasteiger partial charge in [-0.2, -0.15) is 0 Å². The van der Waals surface area contributed by atoms with Gasteiger partial charge in [-0.25, -0.2) is 9.97 Å². The first-order valence-electron chi connectivity index (χ1n) is 10.6. The molecule has 3 nitrogen and oxygen atoms in total. The second-order valence-corrected chi connectivity index (χ2v) is 9.21. The third-order valence-corrected chi connectivity index (χ3v) is 7.12. The molecule has 0 spiro atoms. The lowest BCUT2D eigenvalue weighted by Crippen LogP contribution is -2.11. The SMILES string of the molecule is C=C/C=C(\C=C/C)c1nc2sc(-c3ccc(OCC(CC)CCCC)cc3)nc2s1. The van der Waals surface area contributed by atoms with Gasteiger partial charge in [0, 0.05) is 11.1 Å². The number of hydrogen-bond donors (Lipinski definition) is 0. The van der Waals surface area contributed by atoms with E-state index in [-0.39, 0.29) is 0 Å². The Morgan fingerprint density at radius 2 is 1.90 bits per heavy atom. The summed E-state index contributed by atoms with van der Waals surface area (Å²) in [7, 11) is 0. The third-order valence-electron chi connectivity index (χ3n) is 5.00. The van der Waals surface area contributed by atoms with Crippen molar-refractivity contribution in [1.82, 2.24) is 9.97 Å². The Balaban J connectivity index is 1.69. The Labute approximate surface area is 187 Å². The Morgan fingerprint density at radius 3 is 2.53 bits per heavy atom. The second kappa shape index (κ2) is 11.2. The van der Waals surface area contributed by atoms with Crippen LogP contribution in [0.4, 0.5) is 0 Å². The normalized spacial score (nSPS) is 13.2. The molecule has 0 saturated carbocycles. The lowest BCUT2D eigenvalue weighted by Gasteiger charge is -2.15. The van der Waals surface area contributed by atoms with Gasteiger partial charge >= 0.3 is 0 Å². The smallest absolute Gasteiger partial charge is 0.155 e. The van der Waals surface area contributed by atoms with Crippen LogP contribution in [0, 0.1) is 5.92 Å². The van der Waals surface area contributed by atoms with Crippen LogP contribution in [0.1, 0.15) is 51.5 Å². The molecule has 3 rings (SSSR count). The highest BCUT2D eigenvalue weighted by Crippen LogP contribution is 2.35. The monoisotopic (exact) mass is 438 g/mol. The average molecular weight is 439 g/mol. The molecular weight excluding hydrogens is 408 g/mol. The lowest BCUT2D eigenvalue weighted by atomic mass is 10.0. The molecule has 1 unspecified atom stereocenters. The molecule has 0 N–H and O–H groups in total. The minimum Gasteiger partial charge on any atom is -0.493 e. The van der Waals surface area contributed by atoms with Crippen LogP contribution in [-0.2, 0) is 0 Å². The quantitative estimate of drug-likeness (QED) is 0.283. The Kier molecular flexibility index (Phi) is 8.40. The molecule has 0 radical (unpaired) electrons. The molecule has 30 heavy (non-hydrogen) atoms. The van der Waals surface area contributed by atoms with Crippen molar-refractivity contribution >= 4 is 37.9 Å². The molecular formula is C25H30N2OS2. The van der Waals surface area contributed by atoms with Crippen molar-refractivity contribution in [3.63, 3.8) is 0 Å². The number of unbranched alkanes of at least 4 members (excludes halogenated alkanes) is 1. The summed E-state index contributed by atoms with van der Waals surface area (Å²) in [5, 5.41) is 1.97. The number of thiazole rings is 2. The van der Waals surface area contributed by atoms with Crippen molar-refractivity contribution in [3.8, 4) is 16.3 Å². The molecule has 0 bridgehead atoms. The zero-order valence-electron chi connectivity index (χ0n) is 18.1. The van der Waals surface area contributed by atoms with Crippen molar-refractivity contribution in [1.29, 1.82) is 0 Å². The third kappa shape index (κ3) is 5.67. The summed E-state index contributed by atoms with van der Waals surface area (Å²) in [6, 6.07) is 8.28. The summed E-state index contributed by atoms with van der Waals surface area (Å²) in [6.45, 7) is 11.1. The molecule has 1 aromatic carbocycles. The van der Waals surface area contributed by atoms with Gasteiger partial charge in [0.25, 0.3) is 0 Å². The topological polar surface area (TPSA) is 35.0 Å². The number of hydrogen-bond acceptors (Lipinski definition) is 5. The van der Waals surface area contributed by atoms with Gasteiger partial charge in [0.15, 0.2) is 9.66 Å². The zero-order chi connectivity index (χ0) is 21.3. The standard InChI is InChI=1S/C25H30N2OS2/c1-5-9-12-18(8-4)17-28-21-15-13-20(14-16-21)23-27-25-24(30-23)26-22(29-25)19(10-6-2)11-7-3/h6-7,10-11,13-16,18H,2,5,8-9,12,17H2,1,3-4H3/b11-7-,19-10+. The van der Waals surface area contributed by atoms with E-state index < -0.39 is 0 Å². The molecule has 0 amide bonds. The lowest BCUT2D eigenvalue weighted by molar-refractivity contribution is 0.233. The summed E-state index contributed by atoms with van der Waals surface area (Å²) in [4.78, 5) is 11.5. The van der Waals surface area contributed by atoms with Crippen molar-refractivity contribution in [3.05, 3.63) is 60.2 Å². The first-order valence-corrected chi connectivity index (χ1v) is 12.3. The number of benzene rings is 1. The maximum atomic E-state index is 6.03. The number of ether oxygens (including phenoxy) is 1. The number of rotatable bonds is 11. The van der Waals surface area contributed by atoms with Crippen LogP contribution in [-0.4, -0.2) is 16.6 Å². The minimum absolute atomic E-state index is 0.637. The molecule has 0 fully saturated rings. The summed E-state index contributed by atoms with van der Waals surface area (Å²) in [5.41, 5.74) is 2.17. The highest BCUT2D eigenvalue weighted by atomic mass is 32.1. The van der Waals surface area contributed by atoms with E-state index in [1.165, 1.54) is 25.7 Å². The molecule has 1 atom stereocenters. The Morgan fingerprint density at radius 1 is 1.13 bits per heavy atom. The molecule has 0 aliphatic carbocycles. The van der Waals surface area contributed by atoms with Crippen LogP contribution in [0.3, 0.4) is 0 Å². The molecule has 0 saturated heterocycles. The molecule has 3 aromatic rings. The van der Waals surface area contributed by atoms with Crippen molar-refractivity contribution in [2.24, 2.45) is 5.92 Å². The molecule has 158 valence electrons. The van der Waals surface area contributed by atoms with Crippen LogP contribution in [0.25, 0.3) is 25.8 Å². The summed E-state index contributed by atoms with van der Waals surface area (Å²) in [6.07, 6.45) is 12.8. The fourth-order valence-corrected chi connectivity index (χ4v) is 5.25. The molecule has 2 heterocycles. The number of nitrogens with zero attached hydrogens (tertiary/aromatic N) is 2. The first kappa shape index (κ1) is 22.4. The molecule has 0 aliphatic heterocycles. The van der Waals surface area contributed by atoms with Crippen molar-refractivity contribution in [2.45, 2.75) is 46.5 Å². The highest BCUT2D eigenvalue weighted by Gasteiger charge is 2.13. The maximum absolute atomic E-state index is 6.03.